The summed E-state index contributed by atoms with van der Waals surface area (Å²) >= 11 is 0. The molecule has 4 aliphatic rings. The van der Waals surface area contributed by atoms with Gasteiger partial charge in [0, 0.05) is 5.92 Å². The first-order chi connectivity index (χ1) is 11.0. The molecule has 3 fully saturated rings. The number of halogens is 1. The average Bonchev–Trinajstić information content (AvgIpc) is 2.91. The van der Waals surface area contributed by atoms with Crippen LogP contribution in [0.4, 0.5) is 4.39 Å². The topological polar surface area (TPSA) is 17.1 Å². The van der Waals surface area contributed by atoms with E-state index < -0.39 is 0 Å². The van der Waals surface area contributed by atoms with Crippen LogP contribution in [-0.2, 0) is 4.79 Å². The predicted octanol–water partition coefficient (Wildman–Crippen LogP) is 5.35. The molecule has 0 aromatic rings. The van der Waals surface area contributed by atoms with Gasteiger partial charge in [0.1, 0.15) is 5.78 Å². The lowest BCUT2D eigenvalue weighted by atomic mass is 9.51. The van der Waals surface area contributed by atoms with Crippen LogP contribution < -0.4 is 0 Å². The number of hydrogen-bond donors (Lipinski definition) is 0. The molecule has 0 aliphatic heterocycles. The van der Waals surface area contributed by atoms with Gasteiger partial charge in [-0.2, -0.15) is 0 Å². The summed E-state index contributed by atoms with van der Waals surface area (Å²) in [7, 11) is 0. The van der Waals surface area contributed by atoms with Gasteiger partial charge in [0.25, 0.3) is 0 Å². The number of rotatable bonds is 2. The van der Waals surface area contributed by atoms with Crippen molar-refractivity contribution in [2.75, 3.05) is 6.67 Å². The molecular formula is C21H31FO. The van der Waals surface area contributed by atoms with Gasteiger partial charge in [-0.3, -0.25) is 9.18 Å². The van der Waals surface area contributed by atoms with Gasteiger partial charge in [-0.05, 0) is 93.3 Å². The van der Waals surface area contributed by atoms with Crippen molar-refractivity contribution in [3.63, 3.8) is 0 Å². The molecule has 0 radical (unpaired) electrons. The third kappa shape index (κ3) is 2.35. The lowest BCUT2D eigenvalue weighted by molar-refractivity contribution is -0.126. The zero-order valence-electron chi connectivity index (χ0n) is 14.7. The quantitative estimate of drug-likeness (QED) is 0.627. The summed E-state index contributed by atoms with van der Waals surface area (Å²) in [6.07, 6.45) is 11.9. The van der Waals surface area contributed by atoms with E-state index >= 15 is 0 Å². The highest BCUT2D eigenvalue weighted by Crippen LogP contribution is 2.63. The van der Waals surface area contributed by atoms with E-state index in [2.05, 4.69) is 13.0 Å². The Morgan fingerprint density at radius 3 is 2.78 bits per heavy atom. The van der Waals surface area contributed by atoms with Crippen LogP contribution in [0.5, 0.6) is 0 Å². The Hall–Kier alpha value is -0.660. The summed E-state index contributed by atoms with van der Waals surface area (Å²) in [4.78, 5) is 12.1. The van der Waals surface area contributed by atoms with Gasteiger partial charge in [-0.15, -0.1) is 0 Å². The molecule has 0 bridgehead atoms. The normalized spacial score (nSPS) is 48.9. The molecule has 2 heteroatoms. The second-order valence-electron chi connectivity index (χ2n) is 9.14. The maximum Gasteiger partial charge on any atom is 0.133 e. The highest BCUT2D eigenvalue weighted by Gasteiger charge is 2.56. The van der Waals surface area contributed by atoms with Gasteiger partial charge < -0.3 is 0 Å². The predicted molar refractivity (Wildman–Crippen MR) is 90.7 cm³/mol. The molecule has 7 atom stereocenters. The van der Waals surface area contributed by atoms with Crippen molar-refractivity contribution in [2.45, 2.75) is 65.2 Å². The summed E-state index contributed by atoms with van der Waals surface area (Å²) in [6.45, 7) is 4.08. The minimum absolute atomic E-state index is 0.140. The molecule has 4 aliphatic carbocycles. The van der Waals surface area contributed by atoms with Crippen LogP contribution in [0.2, 0.25) is 0 Å². The molecule has 3 saturated carbocycles. The van der Waals surface area contributed by atoms with Crippen molar-refractivity contribution in [3.8, 4) is 0 Å². The molecule has 0 aromatic carbocycles. The first kappa shape index (κ1) is 15.8. The number of ketones is 1. The number of allylic oxidation sites excluding steroid dienone is 2. The summed E-state index contributed by atoms with van der Waals surface area (Å²) in [6, 6.07) is 0. The zero-order chi connectivity index (χ0) is 16.2. The van der Waals surface area contributed by atoms with Gasteiger partial charge in [0.2, 0.25) is 0 Å². The van der Waals surface area contributed by atoms with Crippen LogP contribution in [0, 0.1) is 40.9 Å². The average molecular weight is 318 g/mol. The fraction of sp³-hybridized carbons (Fsp3) is 0.857. The Morgan fingerprint density at radius 1 is 1.22 bits per heavy atom. The first-order valence-corrected chi connectivity index (χ1v) is 9.80. The van der Waals surface area contributed by atoms with Crippen molar-refractivity contribution in [1.82, 2.24) is 0 Å². The lowest BCUT2D eigenvalue weighted by Crippen LogP contribution is -2.46. The van der Waals surface area contributed by atoms with Crippen molar-refractivity contribution in [3.05, 3.63) is 11.6 Å². The Kier molecular flexibility index (Phi) is 3.93. The highest BCUT2D eigenvalue weighted by atomic mass is 19.1. The van der Waals surface area contributed by atoms with E-state index in [0.717, 1.165) is 42.9 Å². The Morgan fingerprint density at radius 2 is 2.04 bits per heavy atom. The lowest BCUT2D eigenvalue weighted by Gasteiger charge is -2.53. The van der Waals surface area contributed by atoms with Crippen LogP contribution in [-0.4, -0.2) is 12.5 Å². The molecule has 0 saturated heterocycles. The van der Waals surface area contributed by atoms with Crippen LogP contribution in [0.3, 0.4) is 0 Å². The monoisotopic (exact) mass is 318 g/mol. The second-order valence-corrected chi connectivity index (χ2v) is 9.14. The molecule has 4 rings (SSSR count). The maximum absolute atomic E-state index is 13.1. The van der Waals surface area contributed by atoms with Gasteiger partial charge >= 0.3 is 0 Å². The van der Waals surface area contributed by atoms with Crippen LogP contribution in [0.1, 0.15) is 65.2 Å². The van der Waals surface area contributed by atoms with E-state index in [0.29, 0.717) is 11.7 Å². The molecule has 0 amide bonds. The molecule has 6 unspecified atom stereocenters. The maximum atomic E-state index is 13.1. The molecular weight excluding hydrogens is 287 g/mol. The number of carbonyl (C=O) groups excluding carboxylic acids is 1. The smallest absolute Gasteiger partial charge is 0.133 e. The van der Waals surface area contributed by atoms with E-state index in [1.807, 2.05) is 6.92 Å². The molecule has 0 heterocycles. The van der Waals surface area contributed by atoms with Crippen LogP contribution >= 0.6 is 0 Å². The van der Waals surface area contributed by atoms with E-state index in [1.54, 1.807) is 5.57 Å². The van der Waals surface area contributed by atoms with E-state index in [9.17, 15) is 9.18 Å². The van der Waals surface area contributed by atoms with E-state index in [4.69, 9.17) is 0 Å². The number of hydrogen-bond acceptors (Lipinski definition) is 1. The number of alkyl halides is 1. The number of fused-ring (bicyclic) bond motifs is 5. The largest absolute Gasteiger partial charge is 0.300 e. The summed E-state index contributed by atoms with van der Waals surface area (Å²) in [5.41, 5.74) is 1.85. The molecule has 1 nitrogen and oxygen atoms in total. The summed E-state index contributed by atoms with van der Waals surface area (Å²) in [5, 5.41) is 0. The first-order valence-electron chi connectivity index (χ1n) is 9.80. The van der Waals surface area contributed by atoms with Gasteiger partial charge in [-0.25, -0.2) is 0 Å². The highest BCUT2D eigenvalue weighted by molar-refractivity contribution is 5.79. The van der Waals surface area contributed by atoms with Crippen molar-refractivity contribution >= 4 is 5.78 Å². The fourth-order valence-corrected chi connectivity index (χ4v) is 7.15. The standard InChI is InChI=1S/C21H31FO/c1-13(23)19-7-8-20-18-6-4-15-11-14(12-22)3-5-16(15)17(18)9-10-21(19,20)2/h4,14,16-20H,3,5-12H2,1-2H3/t14?,16?,17-,18?,19?,20?,21?/m1/s1. The van der Waals surface area contributed by atoms with E-state index in [1.165, 1.54) is 32.1 Å². The third-order valence-electron chi connectivity index (χ3n) is 8.26. The SMILES string of the molecule is CC(=O)C1CCC2C3CC=C4CC(CF)CCC4[C@H]3CCC12C. The van der Waals surface area contributed by atoms with Gasteiger partial charge in [0.15, 0.2) is 0 Å². The van der Waals surface area contributed by atoms with E-state index in [-0.39, 0.29) is 18.0 Å². The minimum Gasteiger partial charge on any atom is -0.300 e. The minimum atomic E-state index is -0.140. The molecule has 0 N–H and O–H groups in total. The molecule has 128 valence electrons. The van der Waals surface area contributed by atoms with Crippen LogP contribution in [0.15, 0.2) is 11.6 Å². The number of Topliss-reactive ketones (excluding diaryl/α,β-unsaturated/α-hetero) is 1. The number of carbonyl (C=O) groups is 1. The van der Waals surface area contributed by atoms with Crippen LogP contribution in [0.25, 0.3) is 0 Å². The Balaban J connectivity index is 1.58. The van der Waals surface area contributed by atoms with Gasteiger partial charge in [-0.1, -0.05) is 18.6 Å². The van der Waals surface area contributed by atoms with Crippen molar-refractivity contribution < 1.29 is 9.18 Å². The van der Waals surface area contributed by atoms with Gasteiger partial charge in [0.05, 0.1) is 6.67 Å². The molecule has 0 aromatic heterocycles. The summed E-state index contributed by atoms with van der Waals surface area (Å²) < 4.78 is 13.1. The zero-order valence-corrected chi connectivity index (χ0v) is 14.7. The molecule has 23 heavy (non-hydrogen) atoms. The second kappa shape index (κ2) is 5.70. The summed E-state index contributed by atoms with van der Waals surface area (Å²) in [5.74, 6) is 4.10. The van der Waals surface area contributed by atoms with Crippen molar-refractivity contribution in [2.24, 2.45) is 40.9 Å². The Bertz CT molecular complexity index is 524. The fourth-order valence-electron chi connectivity index (χ4n) is 7.15. The van der Waals surface area contributed by atoms with Crippen molar-refractivity contribution in [1.29, 1.82) is 0 Å². The third-order valence-corrected chi connectivity index (χ3v) is 8.26. The molecule has 0 spiro atoms. The Labute approximate surface area is 140 Å².